The maximum absolute atomic E-state index is 12.1. The summed E-state index contributed by atoms with van der Waals surface area (Å²) in [5.74, 6) is 0.783. The molecule has 1 aromatic rings. The molecular formula is C16H26N2O2S. The predicted molar refractivity (Wildman–Crippen MR) is 86.2 cm³/mol. The Kier molecular flexibility index (Phi) is 5.07. The summed E-state index contributed by atoms with van der Waals surface area (Å²) in [5, 5.41) is 3.57. The van der Waals surface area contributed by atoms with Crippen molar-refractivity contribution in [2.45, 2.75) is 37.2 Å². The van der Waals surface area contributed by atoms with Crippen LogP contribution in [0, 0.1) is 5.92 Å². The Balaban J connectivity index is 2.16. The zero-order valence-electron chi connectivity index (χ0n) is 13.3. The molecule has 2 atom stereocenters. The molecule has 4 nitrogen and oxygen atoms in total. The molecule has 0 spiro atoms. The Labute approximate surface area is 128 Å². The van der Waals surface area contributed by atoms with Gasteiger partial charge in [-0.1, -0.05) is 32.0 Å². The summed E-state index contributed by atoms with van der Waals surface area (Å²) >= 11 is 0. The van der Waals surface area contributed by atoms with Crippen LogP contribution >= 0.6 is 0 Å². The van der Waals surface area contributed by atoms with Gasteiger partial charge in [-0.2, -0.15) is 0 Å². The lowest BCUT2D eigenvalue weighted by molar-refractivity contribution is 0.217. The van der Waals surface area contributed by atoms with Crippen molar-refractivity contribution < 1.29 is 8.42 Å². The highest BCUT2D eigenvalue weighted by Gasteiger charge is 2.30. The lowest BCUT2D eigenvalue weighted by Crippen LogP contribution is -2.43. The highest BCUT2D eigenvalue weighted by atomic mass is 32.2. The molecule has 0 amide bonds. The Morgan fingerprint density at radius 2 is 1.95 bits per heavy atom. The first kappa shape index (κ1) is 16.5. The minimum Gasteiger partial charge on any atom is -0.308 e. The summed E-state index contributed by atoms with van der Waals surface area (Å²) in [4.78, 5) is 2.73. The number of benzene rings is 1. The van der Waals surface area contributed by atoms with Crippen LogP contribution in [0.5, 0.6) is 0 Å². The molecule has 118 valence electrons. The fraction of sp³-hybridized carbons (Fsp3) is 0.625. The van der Waals surface area contributed by atoms with Crippen LogP contribution < -0.4 is 5.32 Å². The zero-order valence-corrected chi connectivity index (χ0v) is 14.2. The van der Waals surface area contributed by atoms with Crippen molar-refractivity contribution in [2.75, 3.05) is 26.4 Å². The fourth-order valence-electron chi connectivity index (χ4n) is 3.08. The smallest absolute Gasteiger partial charge is 0.178 e. The molecule has 1 aromatic carbocycles. The molecule has 0 saturated heterocycles. The van der Waals surface area contributed by atoms with Crippen LogP contribution in [0.2, 0.25) is 0 Å². The predicted octanol–water partition coefficient (Wildman–Crippen LogP) is 2.08. The number of hydrogen-bond acceptors (Lipinski definition) is 4. The minimum atomic E-state index is -3.10. The second-order valence-corrected chi connectivity index (χ2v) is 8.46. The molecule has 0 saturated carbocycles. The van der Waals surface area contributed by atoms with Gasteiger partial charge in [-0.3, -0.25) is 0 Å². The molecule has 1 heterocycles. The molecule has 5 heteroatoms. The van der Waals surface area contributed by atoms with Crippen molar-refractivity contribution in [3.8, 4) is 0 Å². The normalized spacial score (nSPS) is 22.3. The molecule has 1 aliphatic heterocycles. The average Bonchev–Trinajstić information content (AvgIpc) is 2.41. The van der Waals surface area contributed by atoms with Gasteiger partial charge in [0, 0.05) is 18.6 Å². The Morgan fingerprint density at radius 1 is 1.29 bits per heavy atom. The molecule has 0 radical (unpaired) electrons. The number of nitrogens with zero attached hydrogens (tertiary/aromatic N) is 1. The van der Waals surface area contributed by atoms with Gasteiger partial charge in [-0.25, -0.2) is 8.42 Å². The van der Waals surface area contributed by atoms with E-state index in [1.54, 1.807) is 12.1 Å². The van der Waals surface area contributed by atoms with Crippen LogP contribution in [0.1, 0.15) is 31.9 Å². The third-order valence-electron chi connectivity index (χ3n) is 4.31. The topological polar surface area (TPSA) is 49.4 Å². The lowest BCUT2D eigenvalue weighted by Gasteiger charge is -2.32. The molecule has 21 heavy (non-hydrogen) atoms. The highest BCUT2D eigenvalue weighted by molar-refractivity contribution is 7.91. The van der Waals surface area contributed by atoms with Crippen molar-refractivity contribution >= 4 is 9.84 Å². The van der Waals surface area contributed by atoms with E-state index in [4.69, 9.17) is 0 Å². The standard InChI is InChI=1S/C16H26N2O2S/c1-12(2)15(18(3)4)11-17-14-9-10-21(19,20)16-8-6-5-7-13(14)16/h5-8,12,14-15,17H,9-11H2,1-4H3. The van der Waals surface area contributed by atoms with Crippen LogP contribution in [0.3, 0.4) is 0 Å². The van der Waals surface area contributed by atoms with Gasteiger partial charge in [0.05, 0.1) is 10.6 Å². The molecule has 2 unspecified atom stereocenters. The van der Waals surface area contributed by atoms with Gasteiger partial charge in [-0.05, 0) is 38.1 Å². The van der Waals surface area contributed by atoms with Gasteiger partial charge >= 0.3 is 0 Å². The second kappa shape index (κ2) is 6.46. The van der Waals surface area contributed by atoms with Gasteiger partial charge < -0.3 is 10.2 Å². The number of nitrogens with one attached hydrogen (secondary N) is 1. The summed E-state index contributed by atoms with van der Waals surface area (Å²) in [7, 11) is 1.08. The molecule has 2 rings (SSSR count). The van der Waals surface area contributed by atoms with E-state index >= 15 is 0 Å². The van der Waals surface area contributed by atoms with E-state index in [0.29, 0.717) is 23.3 Å². The van der Waals surface area contributed by atoms with E-state index in [1.165, 1.54) is 0 Å². The zero-order chi connectivity index (χ0) is 15.6. The van der Waals surface area contributed by atoms with Crippen LogP contribution in [0.15, 0.2) is 29.2 Å². The second-order valence-electron chi connectivity index (χ2n) is 6.38. The Morgan fingerprint density at radius 3 is 2.57 bits per heavy atom. The van der Waals surface area contributed by atoms with E-state index in [0.717, 1.165) is 12.1 Å². The van der Waals surface area contributed by atoms with Crippen molar-refractivity contribution in [3.05, 3.63) is 29.8 Å². The van der Waals surface area contributed by atoms with E-state index in [1.807, 2.05) is 12.1 Å². The largest absolute Gasteiger partial charge is 0.308 e. The molecular weight excluding hydrogens is 284 g/mol. The quantitative estimate of drug-likeness (QED) is 0.904. The van der Waals surface area contributed by atoms with Crippen LogP contribution in [0.4, 0.5) is 0 Å². The van der Waals surface area contributed by atoms with E-state index in [2.05, 4.69) is 38.2 Å². The minimum absolute atomic E-state index is 0.130. The maximum Gasteiger partial charge on any atom is 0.178 e. The van der Waals surface area contributed by atoms with Gasteiger partial charge in [0.1, 0.15) is 0 Å². The van der Waals surface area contributed by atoms with Gasteiger partial charge in [0.15, 0.2) is 9.84 Å². The van der Waals surface area contributed by atoms with E-state index in [-0.39, 0.29) is 11.8 Å². The van der Waals surface area contributed by atoms with Crippen molar-refractivity contribution in [3.63, 3.8) is 0 Å². The Bertz CT molecular complexity index is 574. The van der Waals surface area contributed by atoms with E-state index in [9.17, 15) is 8.42 Å². The molecule has 0 aromatic heterocycles. The van der Waals surface area contributed by atoms with Gasteiger partial charge in [0.2, 0.25) is 0 Å². The first-order valence-corrected chi connectivity index (χ1v) is 9.19. The van der Waals surface area contributed by atoms with Crippen LogP contribution in [-0.4, -0.2) is 45.8 Å². The number of rotatable bonds is 5. The van der Waals surface area contributed by atoms with Gasteiger partial charge in [-0.15, -0.1) is 0 Å². The van der Waals surface area contributed by atoms with Crippen molar-refractivity contribution in [1.82, 2.24) is 10.2 Å². The summed E-state index contributed by atoms with van der Waals surface area (Å²) in [6.45, 7) is 5.29. The van der Waals surface area contributed by atoms with Crippen molar-refractivity contribution in [1.29, 1.82) is 0 Å². The number of sulfone groups is 1. The lowest BCUT2D eigenvalue weighted by atomic mass is 10.0. The molecule has 0 bridgehead atoms. The monoisotopic (exact) mass is 310 g/mol. The number of likely N-dealkylation sites (N-methyl/N-ethyl adjacent to an activating group) is 1. The van der Waals surface area contributed by atoms with E-state index < -0.39 is 9.84 Å². The average molecular weight is 310 g/mol. The Hall–Kier alpha value is -0.910. The molecule has 0 aliphatic carbocycles. The summed E-state index contributed by atoms with van der Waals surface area (Å²) < 4.78 is 24.3. The summed E-state index contributed by atoms with van der Waals surface area (Å²) in [5.41, 5.74) is 0.921. The van der Waals surface area contributed by atoms with Crippen LogP contribution in [-0.2, 0) is 9.84 Å². The molecule has 0 fully saturated rings. The number of hydrogen-bond donors (Lipinski definition) is 1. The SMILES string of the molecule is CC(C)C(CNC1CCS(=O)(=O)c2ccccc21)N(C)C. The first-order chi connectivity index (χ1) is 9.83. The third-order valence-corrected chi connectivity index (χ3v) is 6.13. The highest BCUT2D eigenvalue weighted by Crippen LogP contribution is 2.31. The number of fused-ring (bicyclic) bond motifs is 1. The molecule has 1 aliphatic rings. The van der Waals surface area contributed by atoms with Crippen molar-refractivity contribution in [2.24, 2.45) is 5.92 Å². The first-order valence-electron chi connectivity index (χ1n) is 7.54. The maximum atomic E-state index is 12.1. The fourth-order valence-corrected chi connectivity index (χ4v) is 4.70. The molecule has 1 N–H and O–H groups in total. The summed E-state index contributed by atoms with van der Waals surface area (Å²) in [6, 6.07) is 7.95. The summed E-state index contributed by atoms with van der Waals surface area (Å²) in [6.07, 6.45) is 0.650. The van der Waals surface area contributed by atoms with Crippen LogP contribution in [0.25, 0.3) is 0 Å². The van der Waals surface area contributed by atoms with Gasteiger partial charge in [0.25, 0.3) is 0 Å². The third kappa shape index (κ3) is 3.65.